The lowest BCUT2D eigenvalue weighted by atomic mass is 10.3. The second kappa shape index (κ2) is 6.26. The van der Waals surface area contributed by atoms with E-state index in [-0.39, 0.29) is 5.82 Å². The van der Waals surface area contributed by atoms with Gasteiger partial charge in [-0.1, -0.05) is 0 Å². The van der Waals surface area contributed by atoms with Gasteiger partial charge in [0.1, 0.15) is 17.0 Å². The van der Waals surface area contributed by atoms with Crippen LogP contribution in [0.5, 0.6) is 5.88 Å². The van der Waals surface area contributed by atoms with E-state index in [9.17, 15) is 0 Å². The molecule has 0 atom stereocenters. The molecule has 0 aromatic carbocycles. The zero-order valence-electron chi connectivity index (χ0n) is 11.4. The minimum Gasteiger partial charge on any atom is -0.470 e. The summed E-state index contributed by atoms with van der Waals surface area (Å²) >= 11 is 3.24. The van der Waals surface area contributed by atoms with Gasteiger partial charge in [0.2, 0.25) is 0 Å². The van der Waals surface area contributed by atoms with E-state index in [1.807, 2.05) is 12.1 Å². The summed E-state index contributed by atoms with van der Waals surface area (Å²) in [7, 11) is 0. The summed E-state index contributed by atoms with van der Waals surface area (Å²) in [5, 5.41) is 3.34. The molecule has 1 aliphatic carbocycles. The predicted octanol–water partition coefficient (Wildman–Crippen LogP) is 2.62. The van der Waals surface area contributed by atoms with Crippen LogP contribution in [0.2, 0.25) is 0 Å². The molecule has 2 aromatic heterocycles. The summed E-state index contributed by atoms with van der Waals surface area (Å²) in [6.45, 7) is 1.36. The van der Waals surface area contributed by atoms with Crippen LogP contribution >= 0.6 is 15.9 Å². The average molecular weight is 350 g/mol. The second-order valence-electron chi connectivity index (χ2n) is 5.05. The number of nitrogen functional groups attached to an aromatic ring is 1. The Kier molecular flexibility index (Phi) is 4.19. The number of halogens is 1. The fraction of sp³-hybridized carbons (Fsp3) is 0.357. The molecule has 0 amide bonds. The third kappa shape index (κ3) is 4.04. The van der Waals surface area contributed by atoms with Crippen molar-refractivity contribution in [1.82, 2.24) is 15.0 Å². The standard InChI is InChI=1S/C14H16BrN5O/c15-11-7-19-13(16)14(20-11)21-8-10-3-4-17-12(5-10)18-6-9-1-2-9/h3-5,7,9H,1-2,6,8H2,(H2,16,19)(H,17,18). The van der Waals surface area contributed by atoms with E-state index in [0.717, 1.165) is 23.8 Å². The Morgan fingerprint density at radius 1 is 1.38 bits per heavy atom. The van der Waals surface area contributed by atoms with Crippen molar-refractivity contribution in [2.45, 2.75) is 19.4 Å². The van der Waals surface area contributed by atoms with Crippen LogP contribution in [0.1, 0.15) is 18.4 Å². The summed E-state index contributed by atoms with van der Waals surface area (Å²) in [4.78, 5) is 12.4. The highest BCUT2D eigenvalue weighted by molar-refractivity contribution is 9.10. The molecule has 0 aliphatic heterocycles. The van der Waals surface area contributed by atoms with E-state index >= 15 is 0 Å². The number of ether oxygens (including phenoxy) is 1. The molecule has 0 unspecified atom stereocenters. The van der Waals surface area contributed by atoms with Crippen LogP contribution < -0.4 is 15.8 Å². The SMILES string of the molecule is Nc1ncc(Br)nc1OCc1ccnc(NCC2CC2)c1. The van der Waals surface area contributed by atoms with Crippen LogP contribution in [-0.2, 0) is 6.61 Å². The molecular formula is C14H16BrN5O. The molecular weight excluding hydrogens is 334 g/mol. The van der Waals surface area contributed by atoms with Gasteiger partial charge in [-0.05, 0) is 52.4 Å². The lowest BCUT2D eigenvalue weighted by molar-refractivity contribution is 0.294. The van der Waals surface area contributed by atoms with Crippen molar-refractivity contribution in [2.24, 2.45) is 5.92 Å². The Morgan fingerprint density at radius 3 is 3.05 bits per heavy atom. The van der Waals surface area contributed by atoms with Crippen molar-refractivity contribution < 1.29 is 4.74 Å². The van der Waals surface area contributed by atoms with Crippen molar-refractivity contribution in [3.05, 3.63) is 34.7 Å². The van der Waals surface area contributed by atoms with Crippen LogP contribution in [0.25, 0.3) is 0 Å². The number of hydrogen-bond acceptors (Lipinski definition) is 6. The molecule has 1 fully saturated rings. The van der Waals surface area contributed by atoms with Gasteiger partial charge < -0.3 is 15.8 Å². The maximum Gasteiger partial charge on any atom is 0.258 e. The molecule has 7 heteroatoms. The van der Waals surface area contributed by atoms with Crippen molar-refractivity contribution in [2.75, 3.05) is 17.6 Å². The molecule has 0 radical (unpaired) electrons. The molecule has 6 nitrogen and oxygen atoms in total. The van der Waals surface area contributed by atoms with E-state index in [2.05, 4.69) is 36.2 Å². The lowest BCUT2D eigenvalue weighted by Crippen LogP contribution is -2.06. The summed E-state index contributed by atoms with van der Waals surface area (Å²) in [6.07, 6.45) is 5.94. The number of anilines is 2. The maximum absolute atomic E-state index is 5.73. The number of nitrogens with one attached hydrogen (secondary N) is 1. The Hall–Kier alpha value is -1.89. The molecule has 110 valence electrons. The van der Waals surface area contributed by atoms with Crippen molar-refractivity contribution in [3.63, 3.8) is 0 Å². The Labute approximate surface area is 131 Å². The number of aromatic nitrogens is 3. The van der Waals surface area contributed by atoms with Gasteiger partial charge in [-0.25, -0.2) is 15.0 Å². The number of hydrogen-bond donors (Lipinski definition) is 2. The third-order valence-corrected chi connectivity index (χ3v) is 3.59. The topological polar surface area (TPSA) is 86.0 Å². The fourth-order valence-electron chi connectivity index (χ4n) is 1.85. The molecule has 1 saturated carbocycles. The van der Waals surface area contributed by atoms with E-state index in [0.29, 0.717) is 17.1 Å². The van der Waals surface area contributed by atoms with Crippen LogP contribution in [0.15, 0.2) is 29.1 Å². The van der Waals surface area contributed by atoms with Gasteiger partial charge in [0.05, 0.1) is 6.20 Å². The van der Waals surface area contributed by atoms with Crippen molar-refractivity contribution >= 4 is 27.6 Å². The third-order valence-electron chi connectivity index (χ3n) is 3.21. The summed E-state index contributed by atoms with van der Waals surface area (Å²) in [5.74, 6) is 2.28. The minimum absolute atomic E-state index is 0.277. The highest BCUT2D eigenvalue weighted by Crippen LogP contribution is 2.28. The summed E-state index contributed by atoms with van der Waals surface area (Å²) in [5.41, 5.74) is 6.73. The minimum atomic E-state index is 0.277. The molecule has 21 heavy (non-hydrogen) atoms. The first-order valence-electron chi connectivity index (χ1n) is 6.80. The lowest BCUT2D eigenvalue weighted by Gasteiger charge is -2.09. The number of nitrogens with two attached hydrogens (primary N) is 1. The van der Waals surface area contributed by atoms with E-state index in [1.165, 1.54) is 19.0 Å². The van der Waals surface area contributed by atoms with E-state index in [1.54, 1.807) is 6.20 Å². The van der Waals surface area contributed by atoms with Crippen LogP contribution in [0.4, 0.5) is 11.6 Å². The first-order valence-corrected chi connectivity index (χ1v) is 7.59. The molecule has 0 bridgehead atoms. The highest BCUT2D eigenvalue weighted by Gasteiger charge is 2.20. The maximum atomic E-state index is 5.73. The van der Waals surface area contributed by atoms with Crippen LogP contribution in [0.3, 0.4) is 0 Å². The van der Waals surface area contributed by atoms with Crippen molar-refractivity contribution in [3.8, 4) is 5.88 Å². The van der Waals surface area contributed by atoms with Gasteiger partial charge in [0.15, 0.2) is 5.82 Å². The van der Waals surface area contributed by atoms with Gasteiger partial charge in [0.25, 0.3) is 5.88 Å². The van der Waals surface area contributed by atoms with Crippen LogP contribution in [-0.4, -0.2) is 21.5 Å². The van der Waals surface area contributed by atoms with Gasteiger partial charge in [-0.2, -0.15) is 0 Å². The molecule has 1 aliphatic rings. The molecule has 2 aromatic rings. The zero-order valence-corrected chi connectivity index (χ0v) is 13.0. The largest absolute Gasteiger partial charge is 0.470 e. The second-order valence-corrected chi connectivity index (χ2v) is 5.86. The smallest absolute Gasteiger partial charge is 0.258 e. The number of pyridine rings is 1. The van der Waals surface area contributed by atoms with E-state index < -0.39 is 0 Å². The molecule has 3 rings (SSSR count). The Bertz CT molecular complexity index is 633. The molecule has 3 N–H and O–H groups in total. The predicted molar refractivity (Wildman–Crippen MR) is 83.9 cm³/mol. The van der Waals surface area contributed by atoms with Gasteiger partial charge >= 0.3 is 0 Å². The molecule has 0 spiro atoms. The molecule has 2 heterocycles. The van der Waals surface area contributed by atoms with Gasteiger partial charge in [-0.3, -0.25) is 0 Å². The van der Waals surface area contributed by atoms with Gasteiger partial charge in [0, 0.05) is 12.7 Å². The summed E-state index contributed by atoms with van der Waals surface area (Å²) < 4.78 is 6.20. The highest BCUT2D eigenvalue weighted by atomic mass is 79.9. The Morgan fingerprint density at radius 2 is 2.24 bits per heavy atom. The van der Waals surface area contributed by atoms with Gasteiger partial charge in [-0.15, -0.1) is 0 Å². The van der Waals surface area contributed by atoms with Crippen LogP contribution in [0, 0.1) is 5.92 Å². The fourth-order valence-corrected chi connectivity index (χ4v) is 2.11. The number of rotatable bonds is 6. The first kappa shape index (κ1) is 14.1. The summed E-state index contributed by atoms with van der Waals surface area (Å²) in [6, 6.07) is 3.88. The zero-order chi connectivity index (χ0) is 14.7. The normalized spacial score (nSPS) is 14.0. The quantitative estimate of drug-likeness (QED) is 0.833. The Balaban J connectivity index is 1.61. The molecule has 0 saturated heterocycles. The van der Waals surface area contributed by atoms with Crippen molar-refractivity contribution in [1.29, 1.82) is 0 Å². The first-order chi connectivity index (χ1) is 10.2. The number of nitrogens with zero attached hydrogens (tertiary/aromatic N) is 3. The van der Waals surface area contributed by atoms with E-state index in [4.69, 9.17) is 10.5 Å². The average Bonchev–Trinajstić information content (AvgIpc) is 3.31. The monoisotopic (exact) mass is 349 g/mol.